The summed E-state index contributed by atoms with van der Waals surface area (Å²) in [7, 11) is 0. The lowest BCUT2D eigenvalue weighted by Crippen LogP contribution is -2.43. The molecule has 1 fully saturated rings. The van der Waals surface area contributed by atoms with Crippen molar-refractivity contribution in [3.05, 3.63) is 35.9 Å². The van der Waals surface area contributed by atoms with Crippen molar-refractivity contribution >= 4 is 31.2 Å². The van der Waals surface area contributed by atoms with Crippen molar-refractivity contribution in [2.75, 3.05) is 5.75 Å². The minimum atomic E-state index is -0.192. The minimum absolute atomic E-state index is 0.0310. The van der Waals surface area contributed by atoms with Crippen LogP contribution < -0.4 is 0 Å². The Morgan fingerprint density at radius 1 is 1.32 bits per heavy atom. The molecule has 1 aromatic carbocycles. The van der Waals surface area contributed by atoms with Gasteiger partial charge in [-0.15, -0.1) is 0 Å². The lowest BCUT2D eigenvalue weighted by Gasteiger charge is -2.34. The van der Waals surface area contributed by atoms with Gasteiger partial charge in [0.25, 0.3) is 0 Å². The van der Waals surface area contributed by atoms with Crippen LogP contribution in [0.2, 0.25) is 0 Å². The molecule has 0 unspecified atom stereocenters. The predicted molar refractivity (Wildman–Crippen MR) is 85.8 cm³/mol. The fraction of sp³-hybridized carbons (Fsp3) is 0.533. The zero-order chi connectivity index (χ0) is 14.0. The smallest absolute Gasteiger partial charge is 0.227 e. The Balaban J connectivity index is 2.22. The molecule has 1 aliphatic rings. The van der Waals surface area contributed by atoms with Crippen LogP contribution >= 0.6 is 25.3 Å². The highest BCUT2D eigenvalue weighted by molar-refractivity contribution is 7.81. The normalized spacial score (nSPS) is 24.0. The van der Waals surface area contributed by atoms with Crippen LogP contribution in [0.15, 0.2) is 30.3 Å². The van der Waals surface area contributed by atoms with E-state index in [1.807, 2.05) is 23.1 Å². The maximum Gasteiger partial charge on any atom is 0.227 e. The van der Waals surface area contributed by atoms with Gasteiger partial charge in [0.05, 0.1) is 0 Å². The van der Waals surface area contributed by atoms with Crippen molar-refractivity contribution in [2.24, 2.45) is 5.92 Å². The van der Waals surface area contributed by atoms with Gasteiger partial charge in [0, 0.05) is 29.0 Å². The summed E-state index contributed by atoms with van der Waals surface area (Å²) < 4.78 is -0.192. The van der Waals surface area contributed by atoms with E-state index in [-0.39, 0.29) is 22.6 Å². The maximum atomic E-state index is 12.4. The highest BCUT2D eigenvalue weighted by Gasteiger charge is 2.44. The molecule has 4 heteroatoms. The van der Waals surface area contributed by atoms with Crippen molar-refractivity contribution < 1.29 is 4.79 Å². The van der Waals surface area contributed by atoms with Crippen LogP contribution in [0.3, 0.4) is 0 Å². The third-order valence-corrected chi connectivity index (χ3v) is 4.49. The quantitative estimate of drug-likeness (QED) is 0.818. The first-order chi connectivity index (χ1) is 8.93. The largest absolute Gasteiger partial charge is 0.334 e. The molecule has 0 saturated carbocycles. The van der Waals surface area contributed by atoms with E-state index in [1.54, 1.807) is 0 Å². The van der Waals surface area contributed by atoms with Crippen LogP contribution in [0.5, 0.6) is 0 Å². The summed E-state index contributed by atoms with van der Waals surface area (Å²) in [5, 5.41) is 0. The molecule has 1 heterocycles. The molecule has 0 N–H and O–H groups in total. The van der Waals surface area contributed by atoms with Gasteiger partial charge >= 0.3 is 0 Å². The molecule has 0 spiro atoms. The van der Waals surface area contributed by atoms with Crippen molar-refractivity contribution in [2.45, 2.75) is 37.6 Å². The highest BCUT2D eigenvalue weighted by Crippen LogP contribution is 2.36. The topological polar surface area (TPSA) is 20.3 Å². The van der Waals surface area contributed by atoms with Crippen molar-refractivity contribution in [3.63, 3.8) is 0 Å². The summed E-state index contributed by atoms with van der Waals surface area (Å²) in [6.45, 7) is 4.82. The van der Waals surface area contributed by atoms with Gasteiger partial charge in [-0.2, -0.15) is 25.3 Å². The van der Waals surface area contributed by atoms with E-state index >= 15 is 0 Å². The standard InChI is InChI=1S/C15H21NOS2/c1-15(2,19)13-8-12(10-18)14(17)16(13)9-11-6-4-3-5-7-11/h3-7,12-13,18-19H,8-10H2,1-2H3/t12-,13+/m0/s1. The zero-order valence-electron chi connectivity index (χ0n) is 11.4. The lowest BCUT2D eigenvalue weighted by molar-refractivity contribution is -0.132. The first-order valence-electron chi connectivity index (χ1n) is 6.61. The summed E-state index contributed by atoms with van der Waals surface area (Å²) >= 11 is 8.98. The van der Waals surface area contributed by atoms with Crippen molar-refractivity contribution in [3.8, 4) is 0 Å². The third kappa shape index (κ3) is 3.29. The summed E-state index contributed by atoms with van der Waals surface area (Å²) in [5.41, 5.74) is 1.17. The Kier molecular flexibility index (Phi) is 4.51. The number of nitrogens with zero attached hydrogens (tertiary/aromatic N) is 1. The van der Waals surface area contributed by atoms with Crippen LogP contribution in [0.25, 0.3) is 0 Å². The van der Waals surface area contributed by atoms with E-state index < -0.39 is 0 Å². The van der Waals surface area contributed by atoms with Crippen molar-refractivity contribution in [1.29, 1.82) is 0 Å². The minimum Gasteiger partial charge on any atom is -0.334 e. The van der Waals surface area contributed by atoms with E-state index in [0.29, 0.717) is 12.3 Å². The molecular weight excluding hydrogens is 274 g/mol. The number of likely N-dealkylation sites (tertiary alicyclic amines) is 1. The second-order valence-corrected chi connectivity index (χ2v) is 7.25. The molecule has 0 radical (unpaired) electrons. The summed E-state index contributed by atoms with van der Waals surface area (Å²) in [5.74, 6) is 0.860. The van der Waals surface area contributed by atoms with Gasteiger partial charge in [-0.3, -0.25) is 4.79 Å². The van der Waals surface area contributed by atoms with E-state index in [4.69, 9.17) is 0 Å². The number of rotatable bonds is 4. The molecule has 2 nitrogen and oxygen atoms in total. The van der Waals surface area contributed by atoms with E-state index in [1.165, 1.54) is 5.56 Å². The molecule has 0 bridgehead atoms. The Morgan fingerprint density at radius 2 is 1.95 bits per heavy atom. The van der Waals surface area contributed by atoms with Gasteiger partial charge < -0.3 is 4.90 Å². The number of hydrogen-bond donors (Lipinski definition) is 2. The fourth-order valence-corrected chi connectivity index (χ4v) is 3.23. The van der Waals surface area contributed by atoms with Gasteiger partial charge in [-0.1, -0.05) is 30.3 Å². The third-order valence-electron chi connectivity index (χ3n) is 3.75. The van der Waals surface area contributed by atoms with Crippen LogP contribution in [0.1, 0.15) is 25.8 Å². The summed E-state index contributed by atoms with van der Waals surface area (Å²) in [6.07, 6.45) is 0.853. The molecule has 0 aliphatic carbocycles. The van der Waals surface area contributed by atoms with Gasteiger partial charge in [0.1, 0.15) is 0 Å². The van der Waals surface area contributed by atoms with E-state index in [2.05, 4.69) is 51.2 Å². The second-order valence-electron chi connectivity index (χ2n) is 5.74. The highest BCUT2D eigenvalue weighted by atomic mass is 32.1. The lowest BCUT2D eigenvalue weighted by atomic mass is 9.97. The molecule has 19 heavy (non-hydrogen) atoms. The molecule has 2 atom stereocenters. The average molecular weight is 295 g/mol. The molecular formula is C15H21NOS2. The van der Waals surface area contributed by atoms with Crippen LogP contribution in [-0.2, 0) is 11.3 Å². The van der Waals surface area contributed by atoms with Gasteiger partial charge in [0.15, 0.2) is 0 Å². The van der Waals surface area contributed by atoms with Crippen LogP contribution in [-0.4, -0.2) is 27.3 Å². The fourth-order valence-electron chi connectivity index (χ4n) is 2.68. The van der Waals surface area contributed by atoms with Crippen molar-refractivity contribution in [1.82, 2.24) is 4.90 Å². The second kappa shape index (κ2) is 5.80. The molecule has 1 aromatic rings. The number of hydrogen-bond acceptors (Lipinski definition) is 3. The first-order valence-corrected chi connectivity index (χ1v) is 7.69. The number of thiol groups is 2. The SMILES string of the molecule is CC(C)(S)[C@H]1C[C@@H](CS)C(=O)N1Cc1ccccc1. The Morgan fingerprint density at radius 3 is 2.47 bits per heavy atom. The molecule has 1 amide bonds. The Hall–Kier alpha value is -0.610. The van der Waals surface area contributed by atoms with Crippen LogP contribution in [0, 0.1) is 5.92 Å². The van der Waals surface area contributed by atoms with Gasteiger partial charge in [-0.25, -0.2) is 0 Å². The monoisotopic (exact) mass is 295 g/mol. The maximum absolute atomic E-state index is 12.4. The summed E-state index contributed by atoms with van der Waals surface area (Å²) in [6, 6.07) is 10.3. The number of benzene rings is 1. The van der Waals surface area contributed by atoms with Gasteiger partial charge in [-0.05, 0) is 25.8 Å². The number of amides is 1. The van der Waals surface area contributed by atoms with E-state index in [9.17, 15) is 4.79 Å². The molecule has 1 aliphatic heterocycles. The average Bonchev–Trinajstić information content (AvgIpc) is 2.68. The van der Waals surface area contributed by atoms with E-state index in [0.717, 1.165) is 6.42 Å². The predicted octanol–water partition coefficient (Wildman–Crippen LogP) is 3.04. The molecule has 0 aromatic heterocycles. The molecule has 2 rings (SSSR count). The molecule has 104 valence electrons. The summed E-state index contributed by atoms with van der Waals surface area (Å²) in [4.78, 5) is 14.4. The zero-order valence-corrected chi connectivity index (χ0v) is 13.2. The Labute approximate surface area is 126 Å². The number of carbonyl (C=O) groups is 1. The molecule has 1 saturated heterocycles. The first kappa shape index (κ1) is 14.8. The van der Waals surface area contributed by atoms with Gasteiger partial charge in [0.2, 0.25) is 5.91 Å². The number of carbonyl (C=O) groups excluding carboxylic acids is 1. The van der Waals surface area contributed by atoms with Crippen LogP contribution in [0.4, 0.5) is 0 Å². The Bertz CT molecular complexity index is 441.